The number of hydrogen-bond acceptors (Lipinski definition) is 3. The molecule has 4 heteroatoms. The van der Waals surface area contributed by atoms with E-state index in [-0.39, 0.29) is 24.5 Å². The molecule has 0 radical (unpaired) electrons. The van der Waals surface area contributed by atoms with Crippen LogP contribution in [-0.4, -0.2) is 36.9 Å². The van der Waals surface area contributed by atoms with E-state index in [4.69, 9.17) is 4.74 Å². The fourth-order valence-corrected chi connectivity index (χ4v) is 3.66. The maximum Gasteiger partial charge on any atom is 0.220 e. The number of ether oxygens (including phenoxy) is 1. The summed E-state index contributed by atoms with van der Waals surface area (Å²) in [6, 6.07) is 0.199. The van der Waals surface area contributed by atoms with Gasteiger partial charge in [-0.25, -0.2) is 0 Å². The van der Waals surface area contributed by atoms with Gasteiger partial charge in [0.15, 0.2) is 0 Å². The molecule has 2 N–H and O–H groups in total. The maximum atomic E-state index is 11.9. The first-order valence-corrected chi connectivity index (χ1v) is 7.35. The molecular formula is C15H25NO3. The van der Waals surface area contributed by atoms with Gasteiger partial charge in [0.05, 0.1) is 6.61 Å². The normalized spacial score (nSPS) is 32.5. The lowest BCUT2D eigenvalue weighted by Crippen LogP contribution is -2.45. The molecule has 2 fully saturated rings. The Morgan fingerprint density at radius 2 is 2.21 bits per heavy atom. The van der Waals surface area contributed by atoms with E-state index in [1.165, 1.54) is 19.3 Å². The smallest absolute Gasteiger partial charge is 0.220 e. The van der Waals surface area contributed by atoms with Gasteiger partial charge in [0, 0.05) is 31.6 Å². The summed E-state index contributed by atoms with van der Waals surface area (Å²) >= 11 is 0. The number of aliphatic hydroxyl groups excluding tert-OH is 1. The second-order valence-corrected chi connectivity index (χ2v) is 5.74. The molecule has 108 valence electrons. The van der Waals surface area contributed by atoms with Gasteiger partial charge in [-0.1, -0.05) is 6.08 Å². The van der Waals surface area contributed by atoms with Gasteiger partial charge in [0.1, 0.15) is 0 Å². The van der Waals surface area contributed by atoms with Crippen molar-refractivity contribution < 1.29 is 14.6 Å². The first-order chi connectivity index (χ1) is 9.26. The van der Waals surface area contributed by atoms with E-state index in [2.05, 4.69) is 11.9 Å². The molecular weight excluding hydrogens is 242 g/mol. The molecule has 0 heterocycles. The van der Waals surface area contributed by atoms with Crippen LogP contribution >= 0.6 is 0 Å². The van der Waals surface area contributed by atoms with Crippen LogP contribution in [-0.2, 0) is 9.53 Å². The fraction of sp³-hybridized carbons (Fsp3) is 0.800. The SMILES string of the molecule is C=CCOCCCC(=O)NC1C2CCC(C2)C1CO. The van der Waals surface area contributed by atoms with E-state index in [0.29, 0.717) is 31.5 Å². The van der Waals surface area contributed by atoms with Crippen LogP contribution in [0, 0.1) is 17.8 Å². The fourth-order valence-electron chi connectivity index (χ4n) is 3.66. The van der Waals surface area contributed by atoms with Gasteiger partial charge in [-0.3, -0.25) is 4.79 Å². The molecule has 2 aliphatic carbocycles. The van der Waals surface area contributed by atoms with Crippen LogP contribution in [0.2, 0.25) is 0 Å². The predicted molar refractivity (Wildman–Crippen MR) is 73.6 cm³/mol. The zero-order chi connectivity index (χ0) is 13.7. The monoisotopic (exact) mass is 267 g/mol. The first-order valence-electron chi connectivity index (χ1n) is 7.35. The number of fused-ring (bicyclic) bond motifs is 2. The Labute approximate surface area is 115 Å². The van der Waals surface area contributed by atoms with Crippen molar-refractivity contribution in [2.75, 3.05) is 19.8 Å². The zero-order valence-electron chi connectivity index (χ0n) is 11.5. The molecule has 0 spiro atoms. The predicted octanol–water partition coefficient (Wildman–Crippen LogP) is 1.49. The summed E-state index contributed by atoms with van der Waals surface area (Å²) in [5, 5.41) is 12.6. The molecule has 2 bridgehead atoms. The van der Waals surface area contributed by atoms with Crippen molar-refractivity contribution in [2.45, 2.75) is 38.1 Å². The van der Waals surface area contributed by atoms with Crippen molar-refractivity contribution in [1.29, 1.82) is 0 Å². The van der Waals surface area contributed by atoms with Crippen molar-refractivity contribution in [3.8, 4) is 0 Å². The Morgan fingerprint density at radius 3 is 2.95 bits per heavy atom. The Morgan fingerprint density at radius 1 is 1.42 bits per heavy atom. The summed E-state index contributed by atoms with van der Waals surface area (Å²) in [4.78, 5) is 11.9. The molecule has 4 nitrogen and oxygen atoms in total. The highest BCUT2D eigenvalue weighted by atomic mass is 16.5. The van der Waals surface area contributed by atoms with E-state index < -0.39 is 0 Å². The van der Waals surface area contributed by atoms with Crippen molar-refractivity contribution in [3.05, 3.63) is 12.7 Å². The summed E-state index contributed by atoms with van der Waals surface area (Å²) in [5.41, 5.74) is 0. The third-order valence-corrected chi connectivity index (χ3v) is 4.56. The van der Waals surface area contributed by atoms with Crippen molar-refractivity contribution in [3.63, 3.8) is 0 Å². The molecule has 0 saturated heterocycles. The number of carbonyl (C=O) groups is 1. The minimum Gasteiger partial charge on any atom is -0.396 e. The number of amides is 1. The average molecular weight is 267 g/mol. The molecule has 0 aromatic carbocycles. The Hall–Kier alpha value is -0.870. The summed E-state index contributed by atoms with van der Waals surface area (Å²) in [6.45, 7) is 4.92. The molecule has 2 rings (SSSR count). The van der Waals surface area contributed by atoms with E-state index in [9.17, 15) is 9.90 Å². The minimum atomic E-state index is 0.0956. The van der Waals surface area contributed by atoms with Crippen molar-refractivity contribution >= 4 is 5.91 Å². The average Bonchev–Trinajstić information content (AvgIpc) is 2.99. The number of rotatable bonds is 8. The van der Waals surface area contributed by atoms with Gasteiger partial charge < -0.3 is 15.2 Å². The van der Waals surface area contributed by atoms with Crippen LogP contribution in [0.1, 0.15) is 32.1 Å². The Balaban J connectivity index is 1.68. The third kappa shape index (κ3) is 3.57. The van der Waals surface area contributed by atoms with E-state index in [1.807, 2.05) is 0 Å². The van der Waals surface area contributed by atoms with Crippen molar-refractivity contribution in [2.24, 2.45) is 17.8 Å². The Bertz CT molecular complexity index is 319. The molecule has 2 aliphatic rings. The number of carbonyl (C=O) groups excluding carboxylic acids is 1. The molecule has 4 unspecified atom stereocenters. The summed E-state index contributed by atoms with van der Waals surface area (Å²) in [5.74, 6) is 1.58. The van der Waals surface area contributed by atoms with Gasteiger partial charge in [0.25, 0.3) is 0 Å². The van der Waals surface area contributed by atoms with Crippen LogP contribution in [0.5, 0.6) is 0 Å². The highest BCUT2D eigenvalue weighted by molar-refractivity contribution is 5.76. The second-order valence-electron chi connectivity index (χ2n) is 5.74. The molecule has 4 atom stereocenters. The molecule has 0 aromatic rings. The van der Waals surface area contributed by atoms with Gasteiger partial charge in [0.2, 0.25) is 5.91 Å². The highest BCUT2D eigenvalue weighted by Crippen LogP contribution is 2.48. The maximum absolute atomic E-state index is 11.9. The summed E-state index contributed by atoms with van der Waals surface area (Å²) in [7, 11) is 0. The third-order valence-electron chi connectivity index (χ3n) is 4.56. The number of hydrogen-bond donors (Lipinski definition) is 2. The van der Waals surface area contributed by atoms with Crippen LogP contribution in [0.25, 0.3) is 0 Å². The molecule has 1 amide bonds. The molecule has 19 heavy (non-hydrogen) atoms. The van der Waals surface area contributed by atoms with Crippen molar-refractivity contribution in [1.82, 2.24) is 5.32 Å². The largest absolute Gasteiger partial charge is 0.396 e. The second kappa shape index (κ2) is 7.06. The highest BCUT2D eigenvalue weighted by Gasteiger charge is 2.47. The van der Waals surface area contributed by atoms with Crippen LogP contribution in [0.3, 0.4) is 0 Å². The molecule has 2 saturated carbocycles. The molecule has 0 aliphatic heterocycles. The zero-order valence-corrected chi connectivity index (χ0v) is 11.5. The van der Waals surface area contributed by atoms with E-state index >= 15 is 0 Å². The quantitative estimate of drug-likeness (QED) is 0.517. The van der Waals surface area contributed by atoms with Crippen LogP contribution in [0.15, 0.2) is 12.7 Å². The van der Waals surface area contributed by atoms with Gasteiger partial charge >= 0.3 is 0 Å². The minimum absolute atomic E-state index is 0.0956. The number of aliphatic hydroxyl groups is 1. The summed E-state index contributed by atoms with van der Waals surface area (Å²) in [6.07, 6.45) is 6.56. The van der Waals surface area contributed by atoms with E-state index in [0.717, 1.165) is 6.42 Å². The topological polar surface area (TPSA) is 58.6 Å². The lowest BCUT2D eigenvalue weighted by atomic mass is 9.85. The van der Waals surface area contributed by atoms with Gasteiger partial charge in [-0.2, -0.15) is 0 Å². The molecule has 0 aromatic heterocycles. The van der Waals surface area contributed by atoms with Crippen LogP contribution in [0.4, 0.5) is 0 Å². The van der Waals surface area contributed by atoms with E-state index in [1.54, 1.807) is 6.08 Å². The number of nitrogens with one attached hydrogen (secondary N) is 1. The van der Waals surface area contributed by atoms with Gasteiger partial charge in [-0.15, -0.1) is 6.58 Å². The lowest BCUT2D eigenvalue weighted by Gasteiger charge is -2.30. The first kappa shape index (κ1) is 14.5. The van der Waals surface area contributed by atoms with Gasteiger partial charge in [-0.05, 0) is 37.5 Å². The standard InChI is InChI=1S/C15H25NO3/c1-2-7-19-8-3-4-14(18)16-15-12-6-5-11(9-12)13(15)10-17/h2,11-13,15,17H,1,3-10H2,(H,16,18). The van der Waals surface area contributed by atoms with Crippen LogP contribution < -0.4 is 5.32 Å². The summed E-state index contributed by atoms with van der Waals surface area (Å²) < 4.78 is 5.26. The lowest BCUT2D eigenvalue weighted by molar-refractivity contribution is -0.123. The Kier molecular flexibility index (Phi) is 5.40.